The third kappa shape index (κ3) is 2.50. The van der Waals surface area contributed by atoms with E-state index < -0.39 is 17.7 Å². The van der Waals surface area contributed by atoms with E-state index in [9.17, 15) is 18.0 Å². The molecule has 0 amide bonds. The molecule has 5 heteroatoms. The Bertz CT molecular complexity index is 340. The van der Waals surface area contributed by atoms with Gasteiger partial charge in [-0.1, -0.05) is 6.42 Å². The number of carbonyl (C=O) groups is 1. The van der Waals surface area contributed by atoms with E-state index in [4.69, 9.17) is 0 Å². The van der Waals surface area contributed by atoms with Crippen LogP contribution in [0.2, 0.25) is 0 Å². The summed E-state index contributed by atoms with van der Waals surface area (Å²) in [5, 5.41) is 0. The summed E-state index contributed by atoms with van der Waals surface area (Å²) in [6.45, 7) is 2.03. The van der Waals surface area contributed by atoms with Crippen LogP contribution in [0.25, 0.3) is 0 Å². The van der Waals surface area contributed by atoms with Crippen LogP contribution in [-0.2, 0) is 9.53 Å². The zero-order valence-corrected chi connectivity index (χ0v) is 10.7. The van der Waals surface area contributed by atoms with E-state index in [1.165, 1.54) is 0 Å². The Balaban J connectivity index is 2.08. The molecule has 0 aromatic heterocycles. The van der Waals surface area contributed by atoms with Gasteiger partial charge >= 0.3 is 12.1 Å². The summed E-state index contributed by atoms with van der Waals surface area (Å²) in [5.74, 6) is 0.176. The van der Waals surface area contributed by atoms with Gasteiger partial charge < -0.3 is 4.74 Å². The van der Waals surface area contributed by atoms with E-state index in [1.807, 2.05) is 0 Å². The van der Waals surface area contributed by atoms with Crippen LogP contribution in [-0.4, -0.2) is 17.7 Å². The van der Waals surface area contributed by atoms with E-state index in [0.29, 0.717) is 11.8 Å². The number of halogens is 3. The first-order valence-corrected chi connectivity index (χ1v) is 6.47. The molecule has 18 heavy (non-hydrogen) atoms. The van der Waals surface area contributed by atoms with Gasteiger partial charge in [0.2, 0.25) is 5.60 Å². The molecule has 4 unspecified atom stereocenters. The first-order chi connectivity index (χ1) is 8.21. The Morgan fingerprint density at radius 1 is 1.28 bits per heavy atom. The van der Waals surface area contributed by atoms with Crippen molar-refractivity contribution in [2.75, 3.05) is 0 Å². The number of hydrogen-bond donors (Lipinski definition) is 0. The van der Waals surface area contributed by atoms with Crippen molar-refractivity contribution in [1.82, 2.24) is 0 Å². The van der Waals surface area contributed by atoms with Gasteiger partial charge in [-0.25, -0.2) is 0 Å². The predicted octanol–water partition coefficient (Wildman–Crippen LogP) is 3.70. The van der Waals surface area contributed by atoms with Crippen LogP contribution in [0.15, 0.2) is 0 Å². The van der Waals surface area contributed by atoms with Crippen molar-refractivity contribution in [2.24, 2.45) is 17.8 Å². The minimum absolute atomic E-state index is 0.0507. The number of ether oxygens (including phenoxy) is 1. The number of rotatable bonds is 3. The summed E-state index contributed by atoms with van der Waals surface area (Å²) in [7, 11) is 0. The Hall–Kier alpha value is -0.740. The fourth-order valence-corrected chi connectivity index (χ4v) is 3.66. The number of fused-ring (bicyclic) bond motifs is 2. The molecule has 2 bridgehead atoms. The van der Waals surface area contributed by atoms with Crippen LogP contribution in [0, 0.1) is 17.8 Å². The summed E-state index contributed by atoms with van der Waals surface area (Å²) in [6, 6.07) is 0. The van der Waals surface area contributed by atoms with Crippen LogP contribution in [0.4, 0.5) is 13.2 Å². The molecule has 4 atom stereocenters. The summed E-state index contributed by atoms with van der Waals surface area (Å²) in [4.78, 5) is 10.9. The summed E-state index contributed by atoms with van der Waals surface area (Å²) in [6.07, 6.45) is -0.491. The molecule has 0 aromatic carbocycles. The van der Waals surface area contributed by atoms with Gasteiger partial charge in [-0.3, -0.25) is 4.79 Å². The molecule has 2 saturated carbocycles. The van der Waals surface area contributed by atoms with Gasteiger partial charge in [0.15, 0.2) is 0 Å². The Kier molecular flexibility index (Phi) is 3.36. The first kappa shape index (κ1) is 13.7. The second kappa shape index (κ2) is 4.42. The fraction of sp³-hybridized carbons (Fsp3) is 0.923. The van der Waals surface area contributed by atoms with Gasteiger partial charge in [-0.2, -0.15) is 13.2 Å². The number of esters is 1. The summed E-state index contributed by atoms with van der Waals surface area (Å²) < 4.78 is 43.9. The van der Waals surface area contributed by atoms with E-state index in [2.05, 4.69) is 4.74 Å². The van der Waals surface area contributed by atoms with E-state index in [1.54, 1.807) is 0 Å². The van der Waals surface area contributed by atoms with Crippen molar-refractivity contribution < 1.29 is 22.7 Å². The Labute approximate surface area is 105 Å². The highest BCUT2D eigenvalue weighted by Crippen LogP contribution is 2.52. The van der Waals surface area contributed by atoms with Crippen molar-refractivity contribution in [3.8, 4) is 0 Å². The van der Waals surface area contributed by atoms with E-state index >= 15 is 0 Å². The molecule has 2 fully saturated rings. The Morgan fingerprint density at radius 2 is 1.94 bits per heavy atom. The first-order valence-electron chi connectivity index (χ1n) is 6.47. The van der Waals surface area contributed by atoms with Crippen LogP contribution in [0.3, 0.4) is 0 Å². The van der Waals surface area contributed by atoms with E-state index in [-0.39, 0.29) is 12.3 Å². The highest BCUT2D eigenvalue weighted by atomic mass is 19.4. The maximum atomic E-state index is 13.1. The molecule has 0 aromatic rings. The van der Waals surface area contributed by atoms with Gasteiger partial charge in [-0.05, 0) is 50.4 Å². The van der Waals surface area contributed by atoms with Gasteiger partial charge in [-0.15, -0.1) is 0 Å². The molecule has 0 aliphatic heterocycles. The van der Waals surface area contributed by atoms with Gasteiger partial charge in [0, 0.05) is 6.92 Å². The predicted molar refractivity (Wildman–Crippen MR) is 59.8 cm³/mol. The molecule has 2 aliphatic carbocycles. The molecule has 0 saturated heterocycles. The van der Waals surface area contributed by atoms with E-state index in [0.717, 1.165) is 39.5 Å². The molecule has 0 radical (unpaired) electrons. The van der Waals surface area contributed by atoms with Crippen molar-refractivity contribution >= 4 is 5.97 Å². The van der Waals surface area contributed by atoms with Crippen LogP contribution >= 0.6 is 0 Å². The number of alkyl halides is 3. The largest absolute Gasteiger partial charge is 0.450 e. The SMILES string of the molecule is CC(=O)OC(C)(CC1CC2CCC1C2)C(F)(F)F. The maximum absolute atomic E-state index is 13.1. The zero-order chi connectivity index (χ0) is 13.6. The molecule has 2 nitrogen and oxygen atoms in total. The topological polar surface area (TPSA) is 26.3 Å². The second-order valence-corrected chi connectivity index (χ2v) is 5.96. The average molecular weight is 264 g/mol. The lowest BCUT2D eigenvalue weighted by Crippen LogP contribution is -2.47. The van der Waals surface area contributed by atoms with Crippen molar-refractivity contribution in [3.63, 3.8) is 0 Å². The van der Waals surface area contributed by atoms with Crippen molar-refractivity contribution in [3.05, 3.63) is 0 Å². The second-order valence-electron chi connectivity index (χ2n) is 5.96. The number of hydrogen-bond acceptors (Lipinski definition) is 2. The lowest BCUT2D eigenvalue weighted by molar-refractivity contribution is -0.269. The monoisotopic (exact) mass is 264 g/mol. The quantitative estimate of drug-likeness (QED) is 0.726. The standard InChI is InChI=1S/C13H19F3O2/c1-8(17)18-12(2,13(14,15)16)7-11-6-9-3-4-10(11)5-9/h9-11H,3-7H2,1-2H3. The van der Waals surface area contributed by atoms with Crippen molar-refractivity contribution in [1.29, 1.82) is 0 Å². The number of carbonyl (C=O) groups excluding carboxylic acids is 1. The lowest BCUT2D eigenvalue weighted by atomic mass is 9.80. The molecule has 0 N–H and O–H groups in total. The minimum Gasteiger partial charge on any atom is -0.450 e. The van der Waals surface area contributed by atoms with Gasteiger partial charge in [0.25, 0.3) is 0 Å². The third-order valence-electron chi connectivity index (χ3n) is 4.50. The molecule has 104 valence electrons. The molecular formula is C13H19F3O2. The zero-order valence-electron chi connectivity index (χ0n) is 10.7. The van der Waals surface area contributed by atoms with Crippen LogP contribution < -0.4 is 0 Å². The molecule has 2 rings (SSSR count). The molecule has 0 spiro atoms. The fourth-order valence-electron chi connectivity index (χ4n) is 3.66. The van der Waals surface area contributed by atoms with Gasteiger partial charge in [0.05, 0.1) is 0 Å². The lowest BCUT2D eigenvalue weighted by Gasteiger charge is -2.35. The highest BCUT2D eigenvalue weighted by molar-refractivity contribution is 5.66. The third-order valence-corrected chi connectivity index (χ3v) is 4.50. The molecular weight excluding hydrogens is 245 g/mol. The average Bonchev–Trinajstić information content (AvgIpc) is 2.75. The summed E-state index contributed by atoms with van der Waals surface area (Å²) in [5.41, 5.74) is -2.33. The van der Waals surface area contributed by atoms with Crippen molar-refractivity contribution in [2.45, 2.75) is 57.7 Å². The smallest absolute Gasteiger partial charge is 0.428 e. The maximum Gasteiger partial charge on any atom is 0.428 e. The van der Waals surface area contributed by atoms with Gasteiger partial charge in [0.1, 0.15) is 0 Å². The highest BCUT2D eigenvalue weighted by Gasteiger charge is 2.57. The van der Waals surface area contributed by atoms with Crippen LogP contribution in [0.1, 0.15) is 46.0 Å². The van der Waals surface area contributed by atoms with Crippen LogP contribution in [0.5, 0.6) is 0 Å². The molecule has 0 heterocycles. The Morgan fingerprint density at radius 3 is 2.33 bits per heavy atom. The minimum atomic E-state index is -4.50. The normalized spacial score (nSPS) is 34.4. The molecule has 2 aliphatic rings. The summed E-state index contributed by atoms with van der Waals surface area (Å²) >= 11 is 0.